The molecular weight excluding hydrogens is 775 g/mol. The van der Waals surface area contributed by atoms with E-state index in [1.165, 1.54) is 47.0 Å². The summed E-state index contributed by atoms with van der Waals surface area (Å²) in [4.78, 5) is 121. The number of Topliss-reactive ketones (excluding diaryl/α,β-unsaturated/α-hetero) is 1. The van der Waals surface area contributed by atoms with Gasteiger partial charge in [0.1, 0.15) is 47.8 Å². The number of ketones is 1. The molecule has 0 spiro atoms. The van der Waals surface area contributed by atoms with E-state index in [-0.39, 0.29) is 56.5 Å². The predicted molar refractivity (Wildman–Crippen MR) is 213 cm³/mol. The molecule has 4 N–H and O–H groups in total. The van der Waals surface area contributed by atoms with Gasteiger partial charge < -0.3 is 40.5 Å². The quantitative estimate of drug-likeness (QED) is 0.259. The fraction of sp³-hybridized carbons (Fsp3) is 0.419. The fourth-order valence-corrected chi connectivity index (χ4v) is 7.88. The van der Waals surface area contributed by atoms with E-state index in [1.54, 1.807) is 61.5 Å². The number of carbonyl (C=O) groups excluding carboxylic acids is 8. The van der Waals surface area contributed by atoms with Crippen LogP contribution < -0.4 is 16.0 Å². The number of amides is 6. The minimum atomic E-state index is -1.68. The summed E-state index contributed by atoms with van der Waals surface area (Å²) < 4.78 is 5.83. The van der Waals surface area contributed by atoms with Gasteiger partial charge in [0, 0.05) is 45.6 Å². The molecule has 6 rings (SSSR count). The van der Waals surface area contributed by atoms with E-state index in [2.05, 4.69) is 20.9 Å². The largest absolute Gasteiger partial charge is 0.505 e. The molecule has 3 saturated heterocycles. The summed E-state index contributed by atoms with van der Waals surface area (Å²) in [5.41, 5.74) is 0.560. The molecule has 6 amide bonds. The number of nitrogens with zero attached hydrogens (tertiary/aromatic N) is 4. The maximum Gasteiger partial charge on any atom is 0.333 e. The Kier molecular flexibility index (Phi) is 13.6. The first-order chi connectivity index (χ1) is 28.8. The number of hydrogen-bond acceptors (Lipinski definition) is 11. The normalized spacial score (nSPS) is 26.1. The summed E-state index contributed by atoms with van der Waals surface area (Å²) in [6, 6.07) is 11.7. The number of aromatic hydroxyl groups is 1. The van der Waals surface area contributed by atoms with Crippen LogP contribution in [0.4, 0.5) is 0 Å². The predicted octanol–water partition coefficient (Wildman–Crippen LogP) is 1.20. The molecule has 3 aliphatic rings. The zero-order chi connectivity index (χ0) is 43.1. The van der Waals surface area contributed by atoms with E-state index in [4.69, 9.17) is 4.74 Å². The molecule has 0 saturated carbocycles. The van der Waals surface area contributed by atoms with Crippen LogP contribution in [0.3, 0.4) is 0 Å². The average Bonchev–Trinajstić information content (AvgIpc) is 3.75. The molecule has 3 aliphatic heterocycles. The van der Waals surface area contributed by atoms with Gasteiger partial charge in [-0.15, -0.1) is 0 Å². The molecule has 2 aromatic carbocycles. The van der Waals surface area contributed by atoms with Crippen molar-refractivity contribution >= 4 is 47.2 Å². The average molecular weight is 824 g/mol. The van der Waals surface area contributed by atoms with Crippen molar-refractivity contribution in [2.45, 2.75) is 94.7 Å². The third-order valence-corrected chi connectivity index (χ3v) is 11.2. The second-order valence-corrected chi connectivity index (χ2v) is 15.2. The van der Waals surface area contributed by atoms with Crippen molar-refractivity contribution in [3.05, 3.63) is 95.8 Å². The first kappa shape index (κ1) is 42.9. The molecule has 3 fully saturated rings. The van der Waals surface area contributed by atoms with Crippen molar-refractivity contribution in [2.75, 3.05) is 20.1 Å². The number of carbonyl (C=O) groups is 8. The van der Waals surface area contributed by atoms with E-state index < -0.39 is 95.2 Å². The Labute approximate surface area is 346 Å². The molecule has 316 valence electrons. The molecule has 1 aromatic heterocycles. The van der Waals surface area contributed by atoms with Crippen LogP contribution in [-0.2, 0) is 44.7 Å². The van der Waals surface area contributed by atoms with E-state index in [9.17, 15) is 43.5 Å². The van der Waals surface area contributed by atoms with Crippen LogP contribution in [0, 0.1) is 0 Å². The van der Waals surface area contributed by atoms with Crippen molar-refractivity contribution in [3.8, 4) is 5.75 Å². The number of pyridine rings is 1. The van der Waals surface area contributed by atoms with Gasteiger partial charge in [0.25, 0.3) is 5.91 Å². The van der Waals surface area contributed by atoms with Crippen molar-refractivity contribution in [2.24, 2.45) is 0 Å². The summed E-state index contributed by atoms with van der Waals surface area (Å²) in [6.45, 7) is 3.03. The molecule has 60 heavy (non-hydrogen) atoms. The maximum atomic E-state index is 14.8. The third-order valence-electron chi connectivity index (χ3n) is 11.2. The van der Waals surface area contributed by atoms with Crippen molar-refractivity contribution in [1.82, 2.24) is 35.6 Å². The summed E-state index contributed by atoms with van der Waals surface area (Å²) in [5, 5.41) is 18.2. The lowest BCUT2D eigenvalue weighted by atomic mass is 9.95. The first-order valence-corrected chi connectivity index (χ1v) is 20.0. The Morgan fingerprint density at radius 3 is 2.22 bits per heavy atom. The number of ether oxygens (including phenoxy) is 1. The van der Waals surface area contributed by atoms with Crippen LogP contribution in [0.25, 0.3) is 0 Å². The van der Waals surface area contributed by atoms with Gasteiger partial charge in [-0.1, -0.05) is 67.6 Å². The van der Waals surface area contributed by atoms with Gasteiger partial charge in [-0.05, 0) is 49.4 Å². The summed E-state index contributed by atoms with van der Waals surface area (Å²) in [6.07, 6.45) is 0.235. The highest BCUT2D eigenvalue weighted by Crippen LogP contribution is 2.26. The highest BCUT2D eigenvalue weighted by molar-refractivity contribution is 6.01. The zero-order valence-electron chi connectivity index (χ0n) is 33.6. The molecule has 0 aliphatic carbocycles. The minimum Gasteiger partial charge on any atom is -0.505 e. The van der Waals surface area contributed by atoms with Crippen molar-refractivity contribution in [1.29, 1.82) is 0 Å². The number of fused-ring (bicyclic) bond motifs is 2. The van der Waals surface area contributed by atoms with E-state index >= 15 is 0 Å². The van der Waals surface area contributed by atoms with Crippen molar-refractivity contribution < 1.29 is 48.2 Å². The number of likely N-dealkylation sites (N-methyl/N-ethyl adjacent to an activating group) is 1. The van der Waals surface area contributed by atoms with Gasteiger partial charge in [-0.3, -0.25) is 33.6 Å². The lowest BCUT2D eigenvalue weighted by Gasteiger charge is -2.40. The summed E-state index contributed by atoms with van der Waals surface area (Å²) in [7, 11) is 1.47. The Hall–Kier alpha value is -6.65. The van der Waals surface area contributed by atoms with E-state index in [0.717, 1.165) is 5.56 Å². The monoisotopic (exact) mass is 823 g/mol. The van der Waals surface area contributed by atoms with Crippen LogP contribution in [0.2, 0.25) is 0 Å². The fourth-order valence-electron chi connectivity index (χ4n) is 7.88. The Balaban J connectivity index is 1.43. The lowest BCUT2D eigenvalue weighted by molar-refractivity contribution is -0.156. The molecule has 17 nitrogen and oxygen atoms in total. The number of aromatic nitrogens is 1. The second kappa shape index (κ2) is 18.9. The maximum absolute atomic E-state index is 14.8. The third kappa shape index (κ3) is 9.45. The Morgan fingerprint density at radius 1 is 0.850 bits per heavy atom. The molecule has 7 atom stereocenters. The molecule has 4 heterocycles. The number of rotatable bonds is 6. The molecular formula is C43H49N7O10. The summed E-state index contributed by atoms with van der Waals surface area (Å²) >= 11 is 0. The van der Waals surface area contributed by atoms with Gasteiger partial charge in [0.2, 0.25) is 29.5 Å². The Bertz CT molecular complexity index is 2120. The first-order valence-electron chi connectivity index (χ1n) is 20.0. The van der Waals surface area contributed by atoms with Crippen LogP contribution in [0.15, 0.2) is 79.0 Å². The molecule has 0 bridgehead atoms. The van der Waals surface area contributed by atoms with Crippen LogP contribution in [-0.4, -0.2) is 128 Å². The Morgan fingerprint density at radius 2 is 1.53 bits per heavy atom. The topological polar surface area (TPSA) is 225 Å². The van der Waals surface area contributed by atoms with Gasteiger partial charge in [0.05, 0.1) is 0 Å². The number of esters is 1. The van der Waals surface area contributed by atoms with Crippen molar-refractivity contribution in [3.63, 3.8) is 0 Å². The summed E-state index contributed by atoms with van der Waals surface area (Å²) in [5.74, 6) is -6.30. The molecule has 3 aromatic rings. The highest BCUT2D eigenvalue weighted by Gasteiger charge is 2.45. The second-order valence-electron chi connectivity index (χ2n) is 15.2. The van der Waals surface area contributed by atoms with Gasteiger partial charge in [-0.2, -0.15) is 0 Å². The SMILES string of the molecule is CC[C@@H]1NC(=O)[C@H](NC(=O)c2ncccc2O)[C@H](C)OC(=O)[C@H](c2ccccc2)NC(=O)[C@@H]2CC(=O)CCN2C(=O)[C@H](Cc2ccccc2)N(C)C(=O)[C@@H]2CCCN2C1=O. The van der Waals surface area contributed by atoms with Gasteiger partial charge in [0.15, 0.2) is 11.7 Å². The van der Waals surface area contributed by atoms with Gasteiger partial charge >= 0.3 is 5.97 Å². The lowest BCUT2D eigenvalue weighted by Crippen LogP contribution is -2.61. The number of nitrogens with one attached hydrogen (secondary N) is 3. The minimum absolute atomic E-state index is 0.0410. The zero-order valence-corrected chi connectivity index (χ0v) is 33.6. The standard InChI is InChI=1S/C43H49N7O10/c1-4-29-40(56)49-21-12-17-30(49)41(57)48(3)32(23-26-13-7-5-8-14-26)42(58)50-22-19-28(51)24-31(50)37(53)47-35(27-15-9-6-10-16-27)43(59)60-25(2)34(38(54)45-29)46-39(55)36-33(52)18-11-20-44-36/h5-11,13-16,18,20,25,29-32,34-35,52H,4,12,17,19,21-24H2,1-3H3,(H,45,54)(H,46,55)(H,47,53)/t25-,29-,30-,31-,32-,34+,35-/m0/s1. The number of benzene rings is 2. The van der Waals surface area contributed by atoms with Gasteiger partial charge in [-0.25, -0.2) is 9.78 Å². The highest BCUT2D eigenvalue weighted by atomic mass is 16.5. The number of cyclic esters (lactones) is 1. The molecule has 0 radical (unpaired) electrons. The van der Waals surface area contributed by atoms with Crippen LogP contribution in [0.1, 0.15) is 73.6 Å². The molecule has 0 unspecified atom stereocenters. The smallest absolute Gasteiger partial charge is 0.333 e. The van der Waals surface area contributed by atoms with Crippen LogP contribution >= 0.6 is 0 Å². The number of piperidine rings is 1. The number of hydrogen-bond donors (Lipinski definition) is 4. The van der Waals surface area contributed by atoms with E-state index in [0.29, 0.717) is 6.42 Å². The molecule has 17 heteroatoms. The van der Waals surface area contributed by atoms with E-state index in [1.807, 2.05) is 6.07 Å². The van der Waals surface area contributed by atoms with Crippen LogP contribution in [0.5, 0.6) is 5.75 Å².